The Morgan fingerprint density at radius 2 is 1.00 bits per heavy atom. The molecule has 0 spiro atoms. The SMILES string of the molecule is [Ir].[Mn].[Ru].[Ti]. The zero-order valence-electron chi connectivity index (χ0n) is 1.56. The van der Waals surface area contributed by atoms with Crippen molar-refractivity contribution in [2.24, 2.45) is 0 Å². The van der Waals surface area contributed by atoms with Crippen molar-refractivity contribution < 1.29 is 78.4 Å². The number of rotatable bonds is 0. The molecule has 0 aromatic heterocycles. The summed E-state index contributed by atoms with van der Waals surface area (Å²) in [6.45, 7) is 0. The van der Waals surface area contributed by atoms with Gasteiger partial charge in [-0.05, 0) is 0 Å². The van der Waals surface area contributed by atoms with Crippen molar-refractivity contribution >= 4 is 0 Å². The Hall–Kier alpha value is 2.51. The molecule has 28 valence electrons. The quantitative estimate of drug-likeness (QED) is 0.506. The molecule has 2 radical (unpaired) electrons. The largest absolute Gasteiger partial charge is 0 e. The molecule has 0 nitrogen and oxygen atoms in total. The molecule has 4 heavy (non-hydrogen) atoms. The Morgan fingerprint density at radius 1 is 1.00 bits per heavy atom. The first-order chi connectivity index (χ1) is 0. The summed E-state index contributed by atoms with van der Waals surface area (Å²) in [7, 11) is 0. The molecular weight excluding hydrogens is 396 g/mol. The zero-order chi connectivity index (χ0) is 0. The van der Waals surface area contributed by atoms with E-state index >= 15 is 0 Å². The molecule has 0 aliphatic carbocycles. The Kier molecular flexibility index (Phi) is 140. The van der Waals surface area contributed by atoms with Crippen molar-refractivity contribution in [3.05, 3.63) is 0 Å². The maximum atomic E-state index is 0. The molecular formula is IrMnRuTi. The third kappa shape index (κ3) is 8.82. The van der Waals surface area contributed by atoms with Crippen LogP contribution < -0.4 is 0 Å². The van der Waals surface area contributed by atoms with Crippen LogP contribution in [-0.4, -0.2) is 0 Å². The summed E-state index contributed by atoms with van der Waals surface area (Å²) in [6, 6.07) is 0. The molecule has 4 heteroatoms. The molecule has 0 unspecified atom stereocenters. The Labute approximate surface area is 77.3 Å². The van der Waals surface area contributed by atoms with Gasteiger partial charge in [0.25, 0.3) is 0 Å². The van der Waals surface area contributed by atoms with Crippen LogP contribution in [0.3, 0.4) is 0 Å². The van der Waals surface area contributed by atoms with Crippen molar-refractivity contribution in [1.29, 1.82) is 0 Å². The minimum atomic E-state index is 0. The Balaban J connectivity index is 0. The summed E-state index contributed by atoms with van der Waals surface area (Å²) in [5.41, 5.74) is 0. The first-order valence-corrected chi connectivity index (χ1v) is 0. The van der Waals surface area contributed by atoms with E-state index in [-0.39, 0.29) is 78.4 Å². The van der Waals surface area contributed by atoms with Gasteiger partial charge < -0.3 is 0 Å². The molecule has 0 aliphatic heterocycles. The van der Waals surface area contributed by atoms with Crippen LogP contribution in [0.4, 0.5) is 0 Å². The average Bonchev–Trinajstić information content (AvgIpc) is 0. The van der Waals surface area contributed by atoms with E-state index in [9.17, 15) is 0 Å². The summed E-state index contributed by atoms with van der Waals surface area (Å²) in [5, 5.41) is 0. The van der Waals surface area contributed by atoms with Crippen LogP contribution in [0.5, 0.6) is 0 Å². The van der Waals surface area contributed by atoms with Gasteiger partial charge in [0.2, 0.25) is 0 Å². The predicted molar refractivity (Wildman–Crippen MR) is 0 cm³/mol. The molecule has 0 rings (SSSR count). The van der Waals surface area contributed by atoms with Gasteiger partial charge in [0.1, 0.15) is 0 Å². The fraction of sp³-hybridized carbons (Fsp3) is 0. The van der Waals surface area contributed by atoms with Gasteiger partial charge in [-0.1, -0.05) is 0 Å². The molecule has 0 heterocycles. The molecule has 0 saturated carbocycles. The third-order valence-electron chi connectivity index (χ3n) is 0. The fourth-order valence-corrected chi connectivity index (χ4v) is 0. The number of hydrogen-bond acceptors (Lipinski definition) is 0. The van der Waals surface area contributed by atoms with Crippen LogP contribution in [0.25, 0.3) is 0 Å². The topological polar surface area (TPSA) is 0 Å². The maximum absolute atomic E-state index is 0. The monoisotopic (exact) mass is 398 g/mol. The van der Waals surface area contributed by atoms with Crippen molar-refractivity contribution in [3.63, 3.8) is 0 Å². The van der Waals surface area contributed by atoms with E-state index < -0.39 is 0 Å². The minimum absolute atomic E-state index is 0. The second-order valence-electron chi connectivity index (χ2n) is 0. The average molecular weight is 396 g/mol. The second-order valence-corrected chi connectivity index (χ2v) is 0. The molecule has 0 aromatic rings. The third-order valence-corrected chi connectivity index (χ3v) is 0. The van der Waals surface area contributed by atoms with Crippen LogP contribution in [0.2, 0.25) is 0 Å². The van der Waals surface area contributed by atoms with Gasteiger partial charge in [0.15, 0.2) is 0 Å². The normalized spacial score (nSPS) is 0. The minimum Gasteiger partial charge on any atom is 0 e. The van der Waals surface area contributed by atoms with Crippen molar-refractivity contribution in [3.8, 4) is 0 Å². The van der Waals surface area contributed by atoms with Gasteiger partial charge in [0, 0.05) is 78.4 Å². The maximum Gasteiger partial charge on any atom is 0 e. The molecule has 0 aromatic carbocycles. The summed E-state index contributed by atoms with van der Waals surface area (Å²) < 4.78 is 0. The molecule has 0 saturated heterocycles. The summed E-state index contributed by atoms with van der Waals surface area (Å²) in [6.07, 6.45) is 0. The van der Waals surface area contributed by atoms with Gasteiger partial charge in [-0.25, -0.2) is 0 Å². The van der Waals surface area contributed by atoms with Gasteiger partial charge in [-0.2, -0.15) is 0 Å². The fourth-order valence-electron chi connectivity index (χ4n) is 0. The van der Waals surface area contributed by atoms with Crippen molar-refractivity contribution in [2.45, 2.75) is 0 Å². The van der Waals surface area contributed by atoms with Gasteiger partial charge in [-0.3, -0.25) is 0 Å². The smallest absolute Gasteiger partial charge is 0 e. The Bertz CT molecular complexity index is 8.00. The molecule has 0 fully saturated rings. The number of hydrogen-bond donors (Lipinski definition) is 0. The van der Waals surface area contributed by atoms with Crippen molar-refractivity contribution in [1.82, 2.24) is 0 Å². The van der Waals surface area contributed by atoms with Crippen LogP contribution >= 0.6 is 0 Å². The zero-order valence-corrected chi connectivity index (χ0v) is 8.44. The predicted octanol–water partition coefficient (Wildman–Crippen LogP) is -0.0100. The van der Waals surface area contributed by atoms with E-state index in [4.69, 9.17) is 0 Å². The summed E-state index contributed by atoms with van der Waals surface area (Å²) >= 11 is 0. The Morgan fingerprint density at radius 3 is 1.00 bits per heavy atom. The van der Waals surface area contributed by atoms with Crippen LogP contribution in [0.15, 0.2) is 0 Å². The molecule has 0 N–H and O–H groups in total. The van der Waals surface area contributed by atoms with Gasteiger partial charge in [0.05, 0.1) is 0 Å². The van der Waals surface area contributed by atoms with Gasteiger partial charge in [-0.15, -0.1) is 0 Å². The summed E-state index contributed by atoms with van der Waals surface area (Å²) in [4.78, 5) is 0. The first kappa shape index (κ1) is 31.4. The standard InChI is InChI=1S/Ir.Mn.Ru.Ti. The van der Waals surface area contributed by atoms with E-state index in [1.54, 1.807) is 0 Å². The second kappa shape index (κ2) is 17.8. The van der Waals surface area contributed by atoms with Crippen LogP contribution in [0.1, 0.15) is 0 Å². The summed E-state index contributed by atoms with van der Waals surface area (Å²) in [5.74, 6) is 0. The van der Waals surface area contributed by atoms with Gasteiger partial charge >= 0.3 is 0 Å². The van der Waals surface area contributed by atoms with E-state index in [1.165, 1.54) is 0 Å². The molecule has 0 aliphatic rings. The molecule has 0 amide bonds. The molecule has 0 bridgehead atoms. The van der Waals surface area contributed by atoms with E-state index in [0.717, 1.165) is 0 Å². The van der Waals surface area contributed by atoms with E-state index in [2.05, 4.69) is 0 Å². The van der Waals surface area contributed by atoms with Crippen LogP contribution in [0, 0.1) is 0 Å². The van der Waals surface area contributed by atoms with Crippen molar-refractivity contribution in [2.75, 3.05) is 0 Å². The van der Waals surface area contributed by atoms with E-state index in [1.807, 2.05) is 0 Å². The van der Waals surface area contributed by atoms with E-state index in [0.29, 0.717) is 0 Å². The first-order valence-electron chi connectivity index (χ1n) is 0. The molecule has 0 atom stereocenters. The van der Waals surface area contributed by atoms with Crippen LogP contribution in [-0.2, 0) is 78.4 Å².